The zero-order valence-electron chi connectivity index (χ0n) is 11.3. The van der Waals surface area contributed by atoms with Crippen molar-refractivity contribution >= 4 is 16.9 Å². The normalized spacial score (nSPS) is 11.9. The molecule has 0 aliphatic heterocycles. The summed E-state index contributed by atoms with van der Waals surface area (Å²) >= 11 is 0. The molecule has 0 bridgehead atoms. The fourth-order valence-corrected chi connectivity index (χ4v) is 2.17. The van der Waals surface area contributed by atoms with Gasteiger partial charge in [0.25, 0.3) is 0 Å². The van der Waals surface area contributed by atoms with Gasteiger partial charge in [-0.15, -0.1) is 0 Å². The van der Waals surface area contributed by atoms with Gasteiger partial charge in [0.2, 0.25) is 0 Å². The van der Waals surface area contributed by atoms with Crippen LogP contribution in [0.3, 0.4) is 0 Å². The van der Waals surface area contributed by atoms with E-state index in [0.717, 1.165) is 22.2 Å². The first-order valence-corrected chi connectivity index (χ1v) is 6.35. The number of benzene rings is 1. The van der Waals surface area contributed by atoms with Crippen LogP contribution in [0.15, 0.2) is 36.7 Å². The minimum atomic E-state index is -1.04. The van der Waals surface area contributed by atoms with Gasteiger partial charge in [-0.05, 0) is 19.9 Å². The number of rotatable bonds is 3. The number of carboxylic acids is 1. The maximum Gasteiger partial charge on any atom is 0.316 e. The van der Waals surface area contributed by atoms with Crippen LogP contribution in [0.1, 0.15) is 19.7 Å². The third-order valence-electron chi connectivity index (χ3n) is 3.58. The molecule has 5 heteroatoms. The Labute approximate surface area is 115 Å². The van der Waals surface area contributed by atoms with Crippen molar-refractivity contribution in [3.8, 4) is 11.3 Å². The van der Waals surface area contributed by atoms with Gasteiger partial charge in [0.15, 0.2) is 0 Å². The van der Waals surface area contributed by atoms with Crippen molar-refractivity contribution in [3.05, 3.63) is 42.5 Å². The second-order valence-electron chi connectivity index (χ2n) is 5.32. The Hall–Kier alpha value is -2.56. The van der Waals surface area contributed by atoms with E-state index in [9.17, 15) is 9.90 Å². The molecule has 5 nitrogen and oxygen atoms in total. The number of nitrogens with zero attached hydrogens (tertiary/aromatic N) is 1. The van der Waals surface area contributed by atoms with Crippen LogP contribution >= 0.6 is 0 Å². The van der Waals surface area contributed by atoms with Crippen molar-refractivity contribution in [3.63, 3.8) is 0 Å². The van der Waals surface area contributed by atoms with Crippen molar-refractivity contribution in [2.75, 3.05) is 0 Å². The number of aromatic nitrogens is 3. The van der Waals surface area contributed by atoms with Crippen molar-refractivity contribution in [2.24, 2.45) is 0 Å². The molecule has 0 unspecified atom stereocenters. The number of imidazole rings is 1. The number of hydrogen-bond donors (Lipinski definition) is 3. The van der Waals surface area contributed by atoms with Crippen molar-refractivity contribution in [1.29, 1.82) is 0 Å². The summed E-state index contributed by atoms with van der Waals surface area (Å²) in [7, 11) is 0. The molecular formula is C15H15N3O2. The van der Waals surface area contributed by atoms with E-state index in [1.54, 1.807) is 20.0 Å². The number of H-pyrrole nitrogens is 2. The van der Waals surface area contributed by atoms with E-state index in [4.69, 9.17) is 0 Å². The average Bonchev–Trinajstić information content (AvgIpc) is 3.04. The zero-order chi connectivity index (χ0) is 14.3. The highest BCUT2D eigenvalue weighted by Crippen LogP contribution is 2.29. The minimum Gasteiger partial charge on any atom is -0.481 e. The van der Waals surface area contributed by atoms with Gasteiger partial charge in [-0.1, -0.05) is 18.2 Å². The average molecular weight is 269 g/mol. The molecule has 20 heavy (non-hydrogen) atoms. The van der Waals surface area contributed by atoms with Gasteiger partial charge >= 0.3 is 5.97 Å². The van der Waals surface area contributed by atoms with Crippen LogP contribution in [0.4, 0.5) is 0 Å². The molecule has 0 aliphatic rings. The summed E-state index contributed by atoms with van der Waals surface area (Å²) in [5.74, 6) is -0.456. The van der Waals surface area contributed by atoms with Gasteiger partial charge in [0.1, 0.15) is 11.2 Å². The Bertz CT molecular complexity index is 783. The number of carbonyl (C=O) groups is 1. The highest BCUT2D eigenvalue weighted by molar-refractivity contribution is 5.94. The van der Waals surface area contributed by atoms with E-state index in [-0.39, 0.29) is 0 Å². The number of carboxylic acid groups (broad SMARTS) is 1. The Morgan fingerprint density at radius 3 is 2.80 bits per heavy atom. The van der Waals surface area contributed by atoms with E-state index in [2.05, 4.69) is 15.0 Å². The number of fused-ring (bicyclic) bond motifs is 1. The maximum absolute atomic E-state index is 11.3. The molecule has 3 N–H and O–H groups in total. The molecule has 3 rings (SSSR count). The van der Waals surface area contributed by atoms with Crippen LogP contribution in [-0.4, -0.2) is 26.0 Å². The number of hydrogen-bond acceptors (Lipinski definition) is 2. The van der Waals surface area contributed by atoms with Gasteiger partial charge in [-0.25, -0.2) is 4.98 Å². The molecule has 0 radical (unpaired) electrons. The quantitative estimate of drug-likeness (QED) is 0.683. The molecule has 0 atom stereocenters. The Morgan fingerprint density at radius 2 is 2.05 bits per heavy atom. The summed E-state index contributed by atoms with van der Waals surface area (Å²) in [5, 5.41) is 10.3. The lowest BCUT2D eigenvalue weighted by molar-refractivity contribution is -0.142. The summed E-state index contributed by atoms with van der Waals surface area (Å²) in [6.07, 6.45) is 3.57. The number of nitrogens with one attached hydrogen (secondary N) is 2. The standard InChI is InChI=1S/C15H15N3O2/c1-15(2,14(19)20)13-17-8-12(18-13)10-7-16-11-6-4-3-5-9(10)11/h3-8,16H,1-2H3,(H,17,18)(H,19,20). The van der Waals surface area contributed by atoms with Crippen LogP contribution in [0.2, 0.25) is 0 Å². The topological polar surface area (TPSA) is 81.8 Å². The summed E-state index contributed by atoms with van der Waals surface area (Å²) in [6, 6.07) is 7.95. The summed E-state index contributed by atoms with van der Waals surface area (Å²) < 4.78 is 0. The van der Waals surface area contributed by atoms with Crippen LogP contribution < -0.4 is 0 Å². The Morgan fingerprint density at radius 1 is 1.30 bits per heavy atom. The second-order valence-corrected chi connectivity index (χ2v) is 5.32. The lowest BCUT2D eigenvalue weighted by Gasteiger charge is -2.15. The maximum atomic E-state index is 11.3. The summed E-state index contributed by atoms with van der Waals surface area (Å²) in [6.45, 7) is 3.26. The van der Waals surface area contributed by atoms with Crippen molar-refractivity contribution in [2.45, 2.75) is 19.3 Å². The number of para-hydroxylation sites is 1. The largest absolute Gasteiger partial charge is 0.481 e. The smallest absolute Gasteiger partial charge is 0.316 e. The molecule has 0 amide bonds. The van der Waals surface area contributed by atoms with E-state index >= 15 is 0 Å². The monoisotopic (exact) mass is 269 g/mol. The predicted octanol–water partition coefficient (Wildman–Crippen LogP) is 2.92. The summed E-state index contributed by atoms with van der Waals surface area (Å²) in [4.78, 5) is 21.8. The minimum absolute atomic E-state index is 0.449. The van der Waals surface area contributed by atoms with Crippen LogP contribution in [0.25, 0.3) is 22.2 Å². The van der Waals surface area contributed by atoms with Crippen molar-refractivity contribution in [1.82, 2.24) is 15.0 Å². The van der Waals surface area contributed by atoms with Gasteiger partial charge in [0, 0.05) is 22.7 Å². The molecule has 2 heterocycles. The first-order chi connectivity index (χ1) is 9.50. The molecule has 102 valence electrons. The molecule has 0 aliphatic carbocycles. The zero-order valence-corrected chi connectivity index (χ0v) is 11.3. The van der Waals surface area contributed by atoms with Gasteiger partial charge < -0.3 is 15.1 Å². The third kappa shape index (κ3) is 1.79. The van der Waals surface area contributed by atoms with Crippen molar-refractivity contribution < 1.29 is 9.90 Å². The van der Waals surface area contributed by atoms with E-state index in [1.165, 1.54) is 0 Å². The lowest BCUT2D eigenvalue weighted by atomic mass is 9.93. The van der Waals surface area contributed by atoms with Crippen LogP contribution in [-0.2, 0) is 10.2 Å². The Kier molecular flexibility index (Phi) is 2.64. The fraction of sp³-hybridized carbons (Fsp3) is 0.200. The molecule has 0 fully saturated rings. The first kappa shape index (κ1) is 12.5. The third-order valence-corrected chi connectivity index (χ3v) is 3.58. The summed E-state index contributed by atoms with van der Waals surface area (Å²) in [5.41, 5.74) is 1.80. The molecule has 0 spiro atoms. The van der Waals surface area contributed by atoms with Gasteiger partial charge in [-0.3, -0.25) is 4.79 Å². The molecule has 2 aromatic heterocycles. The molecular weight excluding hydrogens is 254 g/mol. The Balaban J connectivity index is 2.09. The van der Waals surface area contributed by atoms with E-state index in [1.807, 2.05) is 30.5 Å². The lowest BCUT2D eigenvalue weighted by Crippen LogP contribution is -2.29. The van der Waals surface area contributed by atoms with Crippen LogP contribution in [0.5, 0.6) is 0 Å². The van der Waals surface area contributed by atoms with E-state index in [0.29, 0.717) is 5.82 Å². The predicted molar refractivity (Wildman–Crippen MR) is 76.5 cm³/mol. The highest BCUT2D eigenvalue weighted by atomic mass is 16.4. The highest BCUT2D eigenvalue weighted by Gasteiger charge is 2.32. The molecule has 1 aromatic carbocycles. The van der Waals surface area contributed by atoms with Gasteiger partial charge in [0.05, 0.1) is 11.9 Å². The SMILES string of the molecule is CC(C)(C(=O)O)c1ncc(-c2c[nH]c3ccccc23)[nH]1. The van der Waals surface area contributed by atoms with Crippen LogP contribution in [0, 0.1) is 0 Å². The van der Waals surface area contributed by atoms with E-state index < -0.39 is 11.4 Å². The fourth-order valence-electron chi connectivity index (χ4n) is 2.17. The van der Waals surface area contributed by atoms with Gasteiger partial charge in [-0.2, -0.15) is 0 Å². The number of aromatic amines is 2. The number of aliphatic carboxylic acids is 1. The molecule has 0 saturated heterocycles. The first-order valence-electron chi connectivity index (χ1n) is 6.35. The second kappa shape index (κ2) is 4.23. The molecule has 3 aromatic rings. The molecule has 0 saturated carbocycles.